The molecule has 0 aliphatic rings. The second-order valence-corrected chi connectivity index (χ2v) is 7.88. The molecular weight excluding hydrogens is 384 g/mol. The van der Waals surface area contributed by atoms with E-state index < -0.39 is 0 Å². The number of hydrogen-bond acceptors (Lipinski definition) is 5. The molecule has 29 heavy (non-hydrogen) atoms. The summed E-state index contributed by atoms with van der Waals surface area (Å²) in [4.78, 5) is 12.2. The van der Waals surface area contributed by atoms with Gasteiger partial charge in [-0.15, -0.1) is 10.2 Å². The highest BCUT2D eigenvalue weighted by molar-refractivity contribution is 8.00. The zero-order chi connectivity index (χ0) is 20.6. The van der Waals surface area contributed by atoms with Crippen molar-refractivity contribution in [1.29, 1.82) is 0 Å². The summed E-state index contributed by atoms with van der Waals surface area (Å²) in [7, 11) is 1.65. The van der Waals surface area contributed by atoms with Gasteiger partial charge >= 0.3 is 0 Å². The molecule has 6 nitrogen and oxygen atoms in total. The van der Waals surface area contributed by atoms with Crippen molar-refractivity contribution in [2.75, 3.05) is 13.7 Å². The minimum atomic E-state index is -0.252. The van der Waals surface area contributed by atoms with Crippen LogP contribution in [0.5, 0.6) is 5.75 Å². The molecule has 1 aromatic heterocycles. The van der Waals surface area contributed by atoms with Gasteiger partial charge in [-0.2, -0.15) is 0 Å². The fourth-order valence-corrected chi connectivity index (χ4v) is 3.85. The Morgan fingerprint density at radius 1 is 1.14 bits per heavy atom. The van der Waals surface area contributed by atoms with Gasteiger partial charge in [0, 0.05) is 18.7 Å². The molecule has 1 amide bonds. The molecule has 2 aromatic carbocycles. The van der Waals surface area contributed by atoms with Crippen LogP contribution >= 0.6 is 11.8 Å². The van der Waals surface area contributed by atoms with Crippen molar-refractivity contribution in [2.45, 2.75) is 37.2 Å². The lowest BCUT2D eigenvalue weighted by molar-refractivity contribution is -0.120. The number of aryl methyl sites for hydroxylation is 1. The molecule has 0 radical (unpaired) electrons. The van der Waals surface area contributed by atoms with Crippen LogP contribution < -0.4 is 10.1 Å². The molecule has 1 N–H and O–H groups in total. The van der Waals surface area contributed by atoms with E-state index in [1.165, 1.54) is 17.3 Å². The van der Waals surface area contributed by atoms with Crippen LogP contribution in [0, 0.1) is 0 Å². The normalized spacial score (nSPS) is 11.8. The third-order valence-electron chi connectivity index (χ3n) is 4.53. The molecule has 0 fully saturated rings. The van der Waals surface area contributed by atoms with E-state index in [0.717, 1.165) is 35.3 Å². The first kappa shape index (κ1) is 20.9. The summed E-state index contributed by atoms with van der Waals surface area (Å²) >= 11 is 1.43. The third-order valence-corrected chi connectivity index (χ3v) is 5.61. The minimum Gasteiger partial charge on any atom is -0.497 e. The first-order valence-electron chi connectivity index (χ1n) is 9.68. The quantitative estimate of drug-likeness (QED) is 0.543. The summed E-state index contributed by atoms with van der Waals surface area (Å²) < 4.78 is 7.35. The van der Waals surface area contributed by atoms with Gasteiger partial charge in [-0.3, -0.25) is 4.79 Å². The number of nitrogens with zero attached hydrogens (tertiary/aromatic N) is 3. The van der Waals surface area contributed by atoms with Gasteiger partial charge in [0.2, 0.25) is 5.91 Å². The predicted octanol–water partition coefficient (Wildman–Crippen LogP) is 3.81. The number of rotatable bonds is 9. The van der Waals surface area contributed by atoms with Gasteiger partial charge in [0.25, 0.3) is 0 Å². The number of carbonyl (C=O) groups is 1. The molecule has 7 heteroatoms. The second kappa shape index (κ2) is 10.1. The first-order valence-corrected chi connectivity index (χ1v) is 10.6. The molecular formula is C22H26N4O2S. The Labute approximate surface area is 175 Å². The van der Waals surface area contributed by atoms with Crippen LogP contribution in [0.25, 0.3) is 11.4 Å². The van der Waals surface area contributed by atoms with Gasteiger partial charge in [-0.05, 0) is 50.1 Å². The van der Waals surface area contributed by atoms with Crippen LogP contribution in [0.15, 0.2) is 59.8 Å². The zero-order valence-electron chi connectivity index (χ0n) is 17.0. The Kier molecular flexibility index (Phi) is 7.30. The predicted molar refractivity (Wildman–Crippen MR) is 116 cm³/mol. The van der Waals surface area contributed by atoms with E-state index in [1.54, 1.807) is 7.11 Å². The van der Waals surface area contributed by atoms with Crippen molar-refractivity contribution in [3.8, 4) is 17.1 Å². The van der Waals surface area contributed by atoms with Crippen molar-refractivity contribution in [3.05, 3.63) is 60.2 Å². The number of carbonyl (C=O) groups excluding carboxylic acids is 1. The smallest absolute Gasteiger partial charge is 0.233 e. The number of hydrogen-bond donors (Lipinski definition) is 1. The number of thioether (sulfide) groups is 1. The van der Waals surface area contributed by atoms with E-state index in [1.807, 2.05) is 56.3 Å². The molecule has 0 saturated carbocycles. The Bertz CT molecular complexity index is 926. The molecule has 3 rings (SSSR count). The van der Waals surface area contributed by atoms with Crippen molar-refractivity contribution in [1.82, 2.24) is 20.1 Å². The average Bonchev–Trinajstić information content (AvgIpc) is 3.15. The summed E-state index contributed by atoms with van der Waals surface area (Å²) in [6.45, 7) is 5.14. The topological polar surface area (TPSA) is 69.0 Å². The zero-order valence-corrected chi connectivity index (χ0v) is 17.8. The molecule has 3 aromatic rings. The van der Waals surface area contributed by atoms with Crippen molar-refractivity contribution >= 4 is 17.7 Å². The van der Waals surface area contributed by atoms with Gasteiger partial charge in [0.05, 0.1) is 12.4 Å². The highest BCUT2D eigenvalue weighted by Crippen LogP contribution is 2.28. The Hall–Kier alpha value is -2.80. The highest BCUT2D eigenvalue weighted by Gasteiger charge is 2.20. The van der Waals surface area contributed by atoms with E-state index in [4.69, 9.17) is 4.74 Å². The molecule has 0 bridgehead atoms. The summed E-state index contributed by atoms with van der Waals surface area (Å²) in [6.07, 6.45) is 0.852. The van der Waals surface area contributed by atoms with Gasteiger partial charge in [0.1, 0.15) is 5.75 Å². The fourth-order valence-electron chi connectivity index (χ4n) is 2.95. The first-order chi connectivity index (χ1) is 14.1. The molecule has 0 spiro atoms. The molecule has 152 valence electrons. The van der Waals surface area contributed by atoms with E-state index >= 15 is 0 Å². The SMILES string of the molecule is CCNC(=O)[C@@H](C)Sc1nnc(-c2ccc(OC)cc2)n1CCc1ccccc1. The minimum absolute atomic E-state index is 0.00102. The highest BCUT2D eigenvalue weighted by atomic mass is 32.2. The Balaban J connectivity index is 1.88. The van der Waals surface area contributed by atoms with E-state index in [0.29, 0.717) is 6.54 Å². The maximum atomic E-state index is 12.2. The van der Waals surface area contributed by atoms with Crippen LogP contribution in [-0.4, -0.2) is 39.6 Å². The number of nitrogens with one attached hydrogen (secondary N) is 1. The number of amides is 1. The monoisotopic (exact) mass is 410 g/mol. The maximum absolute atomic E-state index is 12.2. The van der Waals surface area contributed by atoms with Gasteiger partial charge in [-0.25, -0.2) is 0 Å². The largest absolute Gasteiger partial charge is 0.497 e. The van der Waals surface area contributed by atoms with Crippen LogP contribution in [-0.2, 0) is 17.8 Å². The van der Waals surface area contributed by atoms with Gasteiger partial charge < -0.3 is 14.6 Å². The summed E-state index contributed by atoms with van der Waals surface area (Å²) in [5, 5.41) is 12.2. The van der Waals surface area contributed by atoms with Crippen molar-refractivity contribution in [3.63, 3.8) is 0 Å². The maximum Gasteiger partial charge on any atom is 0.233 e. The average molecular weight is 411 g/mol. The van der Waals surface area contributed by atoms with Gasteiger partial charge in [0.15, 0.2) is 11.0 Å². The summed E-state index contributed by atoms with van der Waals surface area (Å²) in [5.74, 6) is 1.58. The van der Waals surface area contributed by atoms with Gasteiger partial charge in [-0.1, -0.05) is 42.1 Å². The fraction of sp³-hybridized carbons (Fsp3) is 0.318. The molecule has 1 heterocycles. The Morgan fingerprint density at radius 3 is 2.52 bits per heavy atom. The number of ether oxygens (including phenoxy) is 1. The summed E-state index contributed by atoms with van der Waals surface area (Å²) in [6, 6.07) is 18.1. The molecule has 0 saturated heterocycles. The van der Waals surface area contributed by atoms with Crippen LogP contribution in [0.4, 0.5) is 0 Å². The van der Waals surface area contributed by atoms with Crippen molar-refractivity contribution in [2.24, 2.45) is 0 Å². The Morgan fingerprint density at radius 2 is 1.86 bits per heavy atom. The number of aromatic nitrogens is 3. The molecule has 1 atom stereocenters. The lowest BCUT2D eigenvalue weighted by atomic mass is 10.1. The molecule has 0 aliphatic carbocycles. The molecule has 0 aliphatic heterocycles. The third kappa shape index (κ3) is 5.38. The standard InChI is InChI=1S/C22H26N4O2S/c1-4-23-21(27)16(2)29-22-25-24-20(18-10-12-19(28-3)13-11-18)26(22)15-14-17-8-6-5-7-9-17/h5-13,16H,4,14-15H2,1-3H3,(H,23,27)/t16-/m1/s1. The van der Waals surface area contributed by atoms with E-state index in [2.05, 4.69) is 32.2 Å². The van der Waals surface area contributed by atoms with Crippen LogP contribution in [0.1, 0.15) is 19.4 Å². The molecule has 0 unspecified atom stereocenters. The lowest BCUT2D eigenvalue weighted by Gasteiger charge is -2.13. The van der Waals surface area contributed by atoms with Crippen molar-refractivity contribution < 1.29 is 9.53 Å². The summed E-state index contributed by atoms with van der Waals surface area (Å²) in [5.41, 5.74) is 2.21. The lowest BCUT2D eigenvalue weighted by Crippen LogP contribution is -2.30. The number of benzene rings is 2. The van der Waals surface area contributed by atoms with E-state index in [-0.39, 0.29) is 11.2 Å². The van der Waals surface area contributed by atoms with Crippen LogP contribution in [0.2, 0.25) is 0 Å². The number of methoxy groups -OCH3 is 1. The second-order valence-electron chi connectivity index (χ2n) is 6.58. The van der Waals surface area contributed by atoms with E-state index in [9.17, 15) is 4.79 Å². The van der Waals surface area contributed by atoms with Crippen LogP contribution in [0.3, 0.4) is 0 Å².